The van der Waals surface area contributed by atoms with E-state index >= 15 is 0 Å². The molecule has 3 aromatic heterocycles. The summed E-state index contributed by atoms with van der Waals surface area (Å²) in [5.41, 5.74) is 1.10. The molecule has 3 aromatic rings. The molecule has 0 fully saturated rings. The lowest BCUT2D eigenvalue weighted by Crippen LogP contribution is -2.04. The lowest BCUT2D eigenvalue weighted by Gasteiger charge is -2.06. The fraction of sp³-hybridized carbons (Fsp3) is 0.300. The zero-order chi connectivity index (χ0) is 44.0. The van der Waals surface area contributed by atoms with E-state index in [1.54, 1.807) is 0 Å². The first-order chi connectivity index (χ1) is 28.3. The molecule has 2 aliphatic rings. The van der Waals surface area contributed by atoms with Crippen molar-refractivity contribution in [2.75, 3.05) is 0 Å². The Balaban J connectivity index is 2.09. The third-order valence-corrected chi connectivity index (χ3v) is 9.81. The minimum atomic E-state index is -1.34. The second-order valence-electron chi connectivity index (χ2n) is 13.9. The maximum Gasteiger partial charge on any atom is 0.307 e. The number of fused-ring (bicyclic) bond motifs is 8. The molecule has 0 radical (unpaired) electrons. The molecule has 20 nitrogen and oxygen atoms in total. The van der Waals surface area contributed by atoms with Gasteiger partial charge in [0.25, 0.3) is 0 Å². The van der Waals surface area contributed by atoms with Gasteiger partial charge in [0.05, 0.1) is 48.5 Å². The first kappa shape index (κ1) is 43.5. The quantitative estimate of drug-likeness (QED) is 0.0766. The van der Waals surface area contributed by atoms with E-state index in [-0.39, 0.29) is 115 Å². The SMILES string of the molecule is O=C(O)CCC1=C(CC(=O)O)c2cc3[nH]c(cc4nc(cc5[nH]c(cc1n2)c(CCC(=O)O)c5CC(=O)O)C(CC(=O)O)=C4CCC(=O)O)c(CCC(=O)O)c3CC(=O)O. The van der Waals surface area contributed by atoms with Crippen molar-refractivity contribution < 1.29 is 79.2 Å². The minimum Gasteiger partial charge on any atom is -0.481 e. The van der Waals surface area contributed by atoms with Crippen LogP contribution in [-0.2, 0) is 64.0 Å². The zero-order valence-corrected chi connectivity index (χ0v) is 31.5. The molecule has 314 valence electrons. The van der Waals surface area contributed by atoms with Crippen LogP contribution in [0.1, 0.15) is 96.4 Å². The van der Waals surface area contributed by atoms with Crippen LogP contribution >= 0.6 is 0 Å². The van der Waals surface area contributed by atoms with Crippen LogP contribution in [0.2, 0.25) is 0 Å². The van der Waals surface area contributed by atoms with Crippen molar-refractivity contribution >= 4 is 92.1 Å². The van der Waals surface area contributed by atoms with Gasteiger partial charge in [-0.15, -0.1) is 0 Å². The van der Waals surface area contributed by atoms with E-state index in [1.165, 1.54) is 24.3 Å². The molecule has 5 heterocycles. The number of hydrogen-bond donors (Lipinski definition) is 10. The highest BCUT2D eigenvalue weighted by atomic mass is 16.4. The fourth-order valence-electron chi connectivity index (χ4n) is 7.37. The van der Waals surface area contributed by atoms with Crippen molar-refractivity contribution in [1.29, 1.82) is 0 Å². The minimum absolute atomic E-state index is 0.0116. The molecule has 5 rings (SSSR count). The summed E-state index contributed by atoms with van der Waals surface area (Å²) < 4.78 is 0. The zero-order valence-electron chi connectivity index (χ0n) is 31.5. The number of H-pyrrole nitrogens is 2. The monoisotopic (exact) mass is 830 g/mol. The summed E-state index contributed by atoms with van der Waals surface area (Å²) in [4.78, 5) is 112. The van der Waals surface area contributed by atoms with E-state index in [1.807, 2.05) is 0 Å². The molecule has 0 saturated carbocycles. The van der Waals surface area contributed by atoms with Crippen LogP contribution in [0.15, 0.2) is 24.3 Å². The summed E-state index contributed by atoms with van der Waals surface area (Å²) in [5, 5.41) is 78.6. The van der Waals surface area contributed by atoms with Gasteiger partial charge in [-0.05, 0) is 94.5 Å². The van der Waals surface area contributed by atoms with Crippen LogP contribution in [0.5, 0.6) is 0 Å². The first-order valence-corrected chi connectivity index (χ1v) is 18.3. The van der Waals surface area contributed by atoms with Gasteiger partial charge in [0, 0.05) is 47.8 Å². The number of aromatic nitrogens is 4. The summed E-state index contributed by atoms with van der Waals surface area (Å²) in [7, 11) is 0. The maximum atomic E-state index is 12.3. The van der Waals surface area contributed by atoms with Gasteiger partial charge in [0.1, 0.15) is 0 Å². The maximum absolute atomic E-state index is 12.3. The molecule has 0 unspecified atom stereocenters. The van der Waals surface area contributed by atoms with Gasteiger partial charge in [-0.2, -0.15) is 0 Å². The highest BCUT2D eigenvalue weighted by Crippen LogP contribution is 2.40. The highest BCUT2D eigenvalue weighted by molar-refractivity contribution is 6.02. The molecule has 60 heavy (non-hydrogen) atoms. The lowest BCUT2D eigenvalue weighted by atomic mass is 9.96. The van der Waals surface area contributed by atoms with Crippen molar-refractivity contribution in [2.45, 2.75) is 77.0 Å². The fourth-order valence-corrected chi connectivity index (χ4v) is 7.37. The molecule has 0 aliphatic carbocycles. The van der Waals surface area contributed by atoms with E-state index in [2.05, 4.69) is 19.9 Å². The van der Waals surface area contributed by atoms with Crippen LogP contribution in [0.25, 0.3) is 44.4 Å². The largest absolute Gasteiger partial charge is 0.481 e. The Kier molecular flexibility index (Phi) is 13.3. The van der Waals surface area contributed by atoms with E-state index in [0.717, 1.165) is 0 Å². The van der Waals surface area contributed by atoms with Gasteiger partial charge in [-0.25, -0.2) is 9.97 Å². The number of nitrogens with zero attached hydrogens (tertiary/aromatic N) is 2. The summed E-state index contributed by atoms with van der Waals surface area (Å²) in [6.07, 6.45) is -5.73. The van der Waals surface area contributed by atoms with Crippen LogP contribution in [0.3, 0.4) is 0 Å². The summed E-state index contributed by atoms with van der Waals surface area (Å²) in [6, 6.07) is 5.39. The third-order valence-electron chi connectivity index (χ3n) is 9.81. The summed E-state index contributed by atoms with van der Waals surface area (Å²) in [5.74, 6) is -10.3. The predicted octanol–water partition coefficient (Wildman–Crippen LogP) is 4.10. The molecule has 8 bridgehead atoms. The number of rotatable bonds is 20. The van der Waals surface area contributed by atoms with Crippen molar-refractivity contribution in [1.82, 2.24) is 19.9 Å². The topological polar surface area (TPSA) is 356 Å². The van der Waals surface area contributed by atoms with Crippen LogP contribution in [0.4, 0.5) is 0 Å². The highest BCUT2D eigenvalue weighted by Gasteiger charge is 2.27. The Morgan fingerprint density at radius 3 is 0.900 bits per heavy atom. The Labute approximate surface area is 337 Å². The molecular formula is C40H38N4O16. The Morgan fingerprint density at radius 1 is 0.350 bits per heavy atom. The number of carboxylic acids is 8. The molecule has 0 atom stereocenters. The number of carbonyl (C=O) groups is 8. The Hall–Kier alpha value is -7.64. The Morgan fingerprint density at radius 2 is 0.617 bits per heavy atom. The molecule has 0 amide bonds. The predicted molar refractivity (Wildman–Crippen MR) is 207 cm³/mol. The molecule has 10 N–H and O–H groups in total. The molecular weight excluding hydrogens is 792 g/mol. The van der Waals surface area contributed by atoms with Crippen molar-refractivity contribution in [2.24, 2.45) is 0 Å². The summed E-state index contributed by atoms with van der Waals surface area (Å²) >= 11 is 0. The average Bonchev–Trinajstić information content (AvgIpc) is 3.81. The molecule has 0 saturated heterocycles. The number of hydrogen-bond acceptors (Lipinski definition) is 10. The van der Waals surface area contributed by atoms with Gasteiger partial charge >= 0.3 is 47.8 Å². The Bertz CT molecular complexity index is 2420. The summed E-state index contributed by atoms with van der Waals surface area (Å²) in [6.45, 7) is 0. The van der Waals surface area contributed by atoms with Gasteiger partial charge in [0.15, 0.2) is 0 Å². The van der Waals surface area contributed by atoms with Gasteiger partial charge in [0.2, 0.25) is 0 Å². The van der Waals surface area contributed by atoms with Gasteiger partial charge < -0.3 is 50.8 Å². The van der Waals surface area contributed by atoms with Crippen LogP contribution < -0.4 is 0 Å². The van der Waals surface area contributed by atoms with Crippen LogP contribution in [0, 0.1) is 0 Å². The number of carboxylic acid groups (broad SMARTS) is 8. The van der Waals surface area contributed by atoms with Crippen molar-refractivity contribution in [3.63, 3.8) is 0 Å². The first-order valence-electron chi connectivity index (χ1n) is 18.3. The van der Waals surface area contributed by atoms with E-state index in [0.29, 0.717) is 0 Å². The lowest BCUT2D eigenvalue weighted by molar-refractivity contribution is -0.138. The van der Waals surface area contributed by atoms with E-state index in [9.17, 15) is 79.2 Å². The second kappa shape index (κ2) is 18.3. The second-order valence-corrected chi connectivity index (χ2v) is 13.9. The number of nitrogens with one attached hydrogen (secondary N) is 2. The van der Waals surface area contributed by atoms with E-state index < -0.39 is 99.1 Å². The number of aromatic amines is 2. The number of allylic oxidation sites excluding steroid dienone is 2. The number of aryl methyl sites for hydroxylation is 2. The average molecular weight is 831 g/mol. The molecule has 20 heteroatoms. The molecule has 0 aromatic carbocycles. The normalized spacial score (nSPS) is 12.4. The standard InChI is InChI=1S/C40H38N4O16/c45-33(46)5-1-17-21(9-37(53)54)29-15-30-23(11-39(57)58)19(3-7-35(49)50)27(43-30)14-28-20(4-8-36(51)52)24(12-40(59)60)32(44-28)16-31-22(10-38(55)56)18(2-6-34(47)48)26(42-31)13-25(17)41-29/h13-16,41,44H,1-12H2,(H,45,46)(H,47,48)(H,49,50)(H,51,52)(H,53,54)(H,55,56)(H,57,58)(H,59,60). The van der Waals surface area contributed by atoms with E-state index in [4.69, 9.17) is 0 Å². The molecule has 2 aliphatic heterocycles. The smallest absolute Gasteiger partial charge is 0.307 e. The third kappa shape index (κ3) is 10.4. The number of aliphatic carboxylic acids is 8. The van der Waals surface area contributed by atoms with Gasteiger partial charge in [-0.1, -0.05) is 0 Å². The molecule has 0 spiro atoms. The van der Waals surface area contributed by atoms with Gasteiger partial charge in [-0.3, -0.25) is 38.4 Å². The van der Waals surface area contributed by atoms with Crippen molar-refractivity contribution in [3.8, 4) is 0 Å². The van der Waals surface area contributed by atoms with Crippen LogP contribution in [-0.4, -0.2) is 109 Å². The van der Waals surface area contributed by atoms with Crippen molar-refractivity contribution in [3.05, 3.63) is 69.3 Å².